The van der Waals surface area contributed by atoms with E-state index < -0.39 is 0 Å². The van der Waals surface area contributed by atoms with Gasteiger partial charge in [0.15, 0.2) is 0 Å². The van der Waals surface area contributed by atoms with E-state index in [0.717, 1.165) is 38.6 Å². The summed E-state index contributed by atoms with van der Waals surface area (Å²) in [4.78, 5) is 23.0. The van der Waals surface area contributed by atoms with Crippen molar-refractivity contribution in [2.45, 2.75) is 50.6 Å². The van der Waals surface area contributed by atoms with Crippen LogP contribution in [0.3, 0.4) is 0 Å². The van der Waals surface area contributed by atoms with Crippen LogP contribution >= 0.6 is 12.4 Å². The van der Waals surface area contributed by atoms with Crippen LogP contribution in [0.25, 0.3) is 0 Å². The summed E-state index contributed by atoms with van der Waals surface area (Å²) in [5, 5.41) is 8.95. The number of rotatable bonds is 6. The monoisotopic (exact) mass is 275 g/mol. The molecule has 1 saturated carbocycles. The summed E-state index contributed by atoms with van der Waals surface area (Å²) in [7, 11) is 0. The summed E-state index contributed by atoms with van der Waals surface area (Å²) in [5.41, 5.74) is 0. The van der Waals surface area contributed by atoms with Gasteiger partial charge < -0.3 is 16.0 Å². The van der Waals surface area contributed by atoms with Crippen LogP contribution < -0.4 is 16.0 Å². The number of hydrogen-bond acceptors (Lipinski definition) is 3. The van der Waals surface area contributed by atoms with Crippen LogP contribution in [-0.4, -0.2) is 37.0 Å². The summed E-state index contributed by atoms with van der Waals surface area (Å²) in [6.45, 7) is 1.52. The predicted octanol–water partition coefficient (Wildman–Crippen LogP) is 0.335. The summed E-state index contributed by atoms with van der Waals surface area (Å²) in [6.07, 6.45) is 5.47. The minimum absolute atomic E-state index is 0. The average Bonchev–Trinajstić information content (AvgIpc) is 2.96. The summed E-state index contributed by atoms with van der Waals surface area (Å²) >= 11 is 0. The molecule has 1 saturated heterocycles. The molecule has 3 N–H and O–H groups in total. The van der Waals surface area contributed by atoms with Crippen LogP contribution in [0.15, 0.2) is 0 Å². The molecule has 2 aliphatic rings. The Hall–Kier alpha value is -0.810. The Labute approximate surface area is 114 Å². The molecule has 0 aromatic rings. The molecule has 1 unspecified atom stereocenters. The topological polar surface area (TPSA) is 70.2 Å². The van der Waals surface area contributed by atoms with Gasteiger partial charge in [-0.1, -0.05) is 0 Å². The second kappa shape index (κ2) is 7.59. The van der Waals surface area contributed by atoms with Gasteiger partial charge in [0, 0.05) is 19.0 Å². The highest BCUT2D eigenvalue weighted by Crippen LogP contribution is 2.18. The van der Waals surface area contributed by atoms with Crippen LogP contribution in [0.5, 0.6) is 0 Å². The Kier molecular flexibility index (Phi) is 6.43. The maximum absolute atomic E-state index is 11.6. The maximum atomic E-state index is 11.6. The van der Waals surface area contributed by atoms with Crippen molar-refractivity contribution < 1.29 is 9.59 Å². The molecule has 2 fully saturated rings. The molecule has 0 aromatic carbocycles. The van der Waals surface area contributed by atoms with Crippen molar-refractivity contribution >= 4 is 24.2 Å². The maximum Gasteiger partial charge on any atom is 0.237 e. The zero-order valence-corrected chi connectivity index (χ0v) is 11.4. The largest absolute Gasteiger partial charge is 0.355 e. The van der Waals surface area contributed by atoms with Crippen LogP contribution in [0.2, 0.25) is 0 Å². The zero-order chi connectivity index (χ0) is 12.1. The molecule has 1 atom stereocenters. The fourth-order valence-corrected chi connectivity index (χ4v) is 2.02. The van der Waals surface area contributed by atoms with Crippen molar-refractivity contribution in [2.24, 2.45) is 0 Å². The van der Waals surface area contributed by atoms with Gasteiger partial charge in [-0.15, -0.1) is 12.4 Å². The number of halogens is 1. The van der Waals surface area contributed by atoms with Gasteiger partial charge in [-0.05, 0) is 38.6 Å². The van der Waals surface area contributed by atoms with E-state index in [0.29, 0.717) is 19.0 Å². The quantitative estimate of drug-likeness (QED) is 0.612. The average molecular weight is 276 g/mol. The normalized spacial score (nSPS) is 22.1. The first-order valence-corrected chi connectivity index (χ1v) is 6.56. The minimum atomic E-state index is -0.0182. The highest BCUT2D eigenvalue weighted by molar-refractivity contribution is 5.85. The molecule has 6 heteroatoms. The first-order chi connectivity index (χ1) is 8.25. The first-order valence-electron chi connectivity index (χ1n) is 6.56. The fraction of sp³-hybridized carbons (Fsp3) is 0.833. The lowest BCUT2D eigenvalue weighted by molar-refractivity contribution is -0.124. The Bertz CT molecular complexity index is 289. The second-order valence-corrected chi connectivity index (χ2v) is 4.89. The molecule has 2 rings (SSSR count). The lowest BCUT2D eigenvalue weighted by Gasteiger charge is -2.10. The Balaban J connectivity index is 0.00000162. The number of carbonyl (C=O) groups excluding carboxylic acids is 2. The molecule has 5 nitrogen and oxygen atoms in total. The van der Waals surface area contributed by atoms with Crippen molar-refractivity contribution in [3.63, 3.8) is 0 Å². The number of hydrogen-bond donors (Lipinski definition) is 3. The standard InChI is InChI=1S/C12H21N3O2.ClH/c16-11(15-9-5-6-9)4-2-8-14-12(17)10-3-1-7-13-10;/h9-10,13H,1-8H2,(H,14,17)(H,15,16);1H. The van der Waals surface area contributed by atoms with E-state index in [9.17, 15) is 9.59 Å². The van der Waals surface area contributed by atoms with Crippen LogP contribution in [0, 0.1) is 0 Å². The first kappa shape index (κ1) is 15.2. The molecule has 0 spiro atoms. The molecule has 1 aliphatic heterocycles. The number of nitrogens with one attached hydrogen (secondary N) is 3. The van der Waals surface area contributed by atoms with Gasteiger partial charge >= 0.3 is 0 Å². The minimum Gasteiger partial charge on any atom is -0.355 e. The van der Waals surface area contributed by atoms with Crippen LogP contribution in [0.1, 0.15) is 38.5 Å². The molecule has 0 bridgehead atoms. The third-order valence-corrected chi connectivity index (χ3v) is 3.20. The van der Waals surface area contributed by atoms with Crippen LogP contribution in [-0.2, 0) is 9.59 Å². The highest BCUT2D eigenvalue weighted by atomic mass is 35.5. The van der Waals surface area contributed by atoms with E-state index in [1.165, 1.54) is 0 Å². The lowest BCUT2D eigenvalue weighted by Crippen LogP contribution is -2.40. The molecule has 0 radical (unpaired) electrons. The molecular formula is C12H22ClN3O2. The van der Waals surface area contributed by atoms with Gasteiger partial charge in [0.25, 0.3) is 0 Å². The van der Waals surface area contributed by atoms with Crippen molar-refractivity contribution in [2.75, 3.05) is 13.1 Å². The van der Waals surface area contributed by atoms with Gasteiger partial charge in [0.2, 0.25) is 11.8 Å². The van der Waals surface area contributed by atoms with E-state index >= 15 is 0 Å². The molecular weight excluding hydrogens is 254 g/mol. The van der Waals surface area contributed by atoms with E-state index in [2.05, 4.69) is 16.0 Å². The molecule has 18 heavy (non-hydrogen) atoms. The summed E-state index contributed by atoms with van der Waals surface area (Å²) in [5.74, 6) is 0.186. The highest BCUT2D eigenvalue weighted by Gasteiger charge is 2.23. The van der Waals surface area contributed by atoms with E-state index in [4.69, 9.17) is 0 Å². The van der Waals surface area contributed by atoms with E-state index in [-0.39, 0.29) is 30.3 Å². The molecule has 1 heterocycles. The Morgan fingerprint density at radius 1 is 1.22 bits per heavy atom. The van der Waals surface area contributed by atoms with Crippen molar-refractivity contribution in [1.82, 2.24) is 16.0 Å². The van der Waals surface area contributed by atoms with Gasteiger partial charge in [-0.25, -0.2) is 0 Å². The Morgan fingerprint density at radius 2 is 2.00 bits per heavy atom. The molecule has 1 aliphatic carbocycles. The van der Waals surface area contributed by atoms with Gasteiger partial charge in [-0.2, -0.15) is 0 Å². The fourth-order valence-electron chi connectivity index (χ4n) is 2.02. The zero-order valence-electron chi connectivity index (χ0n) is 10.5. The molecule has 2 amide bonds. The smallest absolute Gasteiger partial charge is 0.237 e. The second-order valence-electron chi connectivity index (χ2n) is 4.89. The Morgan fingerprint density at radius 3 is 2.61 bits per heavy atom. The lowest BCUT2D eigenvalue weighted by atomic mass is 10.2. The SMILES string of the molecule is Cl.O=C(CCCNC(=O)C1CCCN1)NC1CC1. The van der Waals surface area contributed by atoms with Gasteiger partial charge in [0.05, 0.1) is 6.04 Å². The van der Waals surface area contributed by atoms with E-state index in [1.807, 2.05) is 0 Å². The van der Waals surface area contributed by atoms with Gasteiger partial charge in [-0.3, -0.25) is 9.59 Å². The van der Waals surface area contributed by atoms with Crippen molar-refractivity contribution in [3.05, 3.63) is 0 Å². The third-order valence-electron chi connectivity index (χ3n) is 3.20. The molecule has 0 aromatic heterocycles. The predicted molar refractivity (Wildman–Crippen MR) is 71.7 cm³/mol. The molecule has 104 valence electrons. The number of carbonyl (C=O) groups is 2. The van der Waals surface area contributed by atoms with Crippen molar-refractivity contribution in [3.8, 4) is 0 Å². The van der Waals surface area contributed by atoms with Crippen LogP contribution in [0.4, 0.5) is 0 Å². The van der Waals surface area contributed by atoms with Gasteiger partial charge in [0.1, 0.15) is 0 Å². The summed E-state index contributed by atoms with van der Waals surface area (Å²) < 4.78 is 0. The number of amides is 2. The summed E-state index contributed by atoms with van der Waals surface area (Å²) in [6, 6.07) is 0.412. The third kappa shape index (κ3) is 5.23. The van der Waals surface area contributed by atoms with Crippen molar-refractivity contribution in [1.29, 1.82) is 0 Å². The van der Waals surface area contributed by atoms with E-state index in [1.54, 1.807) is 0 Å².